The van der Waals surface area contributed by atoms with E-state index in [-0.39, 0.29) is 6.61 Å². The van der Waals surface area contributed by atoms with Crippen molar-refractivity contribution in [2.45, 2.75) is 13.8 Å². The Hall–Kier alpha value is -0.190. The molecule has 0 amide bonds. The monoisotopic (exact) mass is 190 g/mol. The predicted octanol–water partition coefficient (Wildman–Crippen LogP) is 0.223. The standard InChI is InChI=1S/C8H18N2OS/c1-3-10(5-8(9)12)4-7(2)6-11/h7,11H,3-6H2,1-2H3,(H2,9,12). The van der Waals surface area contributed by atoms with Crippen LogP contribution in [0, 0.1) is 5.92 Å². The van der Waals surface area contributed by atoms with Gasteiger partial charge >= 0.3 is 0 Å². The van der Waals surface area contributed by atoms with Crippen molar-refractivity contribution in [3.8, 4) is 0 Å². The van der Waals surface area contributed by atoms with Crippen LogP contribution < -0.4 is 5.73 Å². The fourth-order valence-corrected chi connectivity index (χ4v) is 1.21. The summed E-state index contributed by atoms with van der Waals surface area (Å²) in [6.45, 7) is 6.70. The third-order valence-corrected chi connectivity index (χ3v) is 1.84. The molecule has 0 fully saturated rings. The van der Waals surface area contributed by atoms with Gasteiger partial charge in [0.2, 0.25) is 0 Å². The van der Waals surface area contributed by atoms with Crippen LogP contribution in [0.2, 0.25) is 0 Å². The van der Waals surface area contributed by atoms with E-state index in [4.69, 9.17) is 23.1 Å². The molecule has 12 heavy (non-hydrogen) atoms. The molecule has 0 aromatic rings. The lowest BCUT2D eigenvalue weighted by Gasteiger charge is -2.22. The van der Waals surface area contributed by atoms with Crippen molar-refractivity contribution in [3.05, 3.63) is 0 Å². The highest BCUT2D eigenvalue weighted by molar-refractivity contribution is 7.80. The Kier molecular flexibility index (Phi) is 6.24. The van der Waals surface area contributed by atoms with Crippen molar-refractivity contribution in [2.24, 2.45) is 11.7 Å². The van der Waals surface area contributed by atoms with Gasteiger partial charge in [-0.25, -0.2) is 0 Å². The summed E-state index contributed by atoms with van der Waals surface area (Å²) in [6, 6.07) is 0. The number of likely N-dealkylation sites (N-methyl/N-ethyl adjacent to an activating group) is 1. The number of thiocarbonyl (C=S) groups is 1. The second-order valence-corrected chi connectivity index (χ2v) is 3.61. The quantitative estimate of drug-likeness (QED) is 0.588. The van der Waals surface area contributed by atoms with Gasteiger partial charge in [0.05, 0.1) is 4.99 Å². The lowest BCUT2D eigenvalue weighted by atomic mass is 10.2. The van der Waals surface area contributed by atoms with E-state index >= 15 is 0 Å². The van der Waals surface area contributed by atoms with Crippen LogP contribution in [0.4, 0.5) is 0 Å². The summed E-state index contributed by atoms with van der Waals surface area (Å²) in [6.07, 6.45) is 0. The first-order valence-corrected chi connectivity index (χ1v) is 4.62. The highest BCUT2D eigenvalue weighted by Gasteiger charge is 2.07. The Morgan fingerprint density at radius 1 is 1.67 bits per heavy atom. The minimum atomic E-state index is 0.216. The van der Waals surface area contributed by atoms with Crippen LogP contribution in [0.25, 0.3) is 0 Å². The largest absolute Gasteiger partial charge is 0.396 e. The van der Waals surface area contributed by atoms with Gasteiger partial charge in [0.1, 0.15) is 0 Å². The van der Waals surface area contributed by atoms with Crippen LogP contribution >= 0.6 is 12.2 Å². The SMILES string of the molecule is CCN(CC(N)=S)CC(C)CO. The van der Waals surface area contributed by atoms with Gasteiger partial charge in [-0.15, -0.1) is 0 Å². The van der Waals surface area contributed by atoms with Crippen LogP contribution in [0.15, 0.2) is 0 Å². The minimum Gasteiger partial charge on any atom is -0.396 e. The van der Waals surface area contributed by atoms with E-state index in [9.17, 15) is 0 Å². The van der Waals surface area contributed by atoms with E-state index in [2.05, 4.69) is 11.8 Å². The Balaban J connectivity index is 3.74. The van der Waals surface area contributed by atoms with E-state index in [1.54, 1.807) is 0 Å². The number of nitrogens with zero attached hydrogens (tertiary/aromatic N) is 1. The summed E-state index contributed by atoms with van der Waals surface area (Å²) in [5.41, 5.74) is 5.41. The van der Waals surface area contributed by atoms with Gasteiger partial charge in [-0.2, -0.15) is 0 Å². The van der Waals surface area contributed by atoms with E-state index in [0.717, 1.165) is 13.1 Å². The van der Waals surface area contributed by atoms with E-state index in [1.165, 1.54) is 0 Å². The number of rotatable bonds is 6. The van der Waals surface area contributed by atoms with Crippen molar-refractivity contribution < 1.29 is 5.11 Å². The Morgan fingerprint density at radius 3 is 2.58 bits per heavy atom. The third kappa shape index (κ3) is 5.46. The summed E-state index contributed by atoms with van der Waals surface area (Å²) in [5, 5.41) is 8.82. The van der Waals surface area contributed by atoms with Gasteiger partial charge < -0.3 is 10.8 Å². The van der Waals surface area contributed by atoms with Crippen molar-refractivity contribution in [1.82, 2.24) is 4.90 Å². The Bertz CT molecular complexity index is 141. The molecule has 0 bridgehead atoms. The number of aliphatic hydroxyl groups is 1. The third-order valence-electron chi connectivity index (χ3n) is 1.71. The molecule has 72 valence electrons. The van der Waals surface area contributed by atoms with E-state index < -0.39 is 0 Å². The summed E-state index contributed by atoms with van der Waals surface area (Å²) >= 11 is 4.80. The molecule has 1 unspecified atom stereocenters. The molecule has 0 saturated carbocycles. The topological polar surface area (TPSA) is 49.5 Å². The van der Waals surface area contributed by atoms with Gasteiger partial charge in [0.25, 0.3) is 0 Å². The molecule has 0 aliphatic heterocycles. The molecule has 3 N–H and O–H groups in total. The predicted molar refractivity (Wildman–Crippen MR) is 55.1 cm³/mol. The molecule has 0 spiro atoms. The van der Waals surface area contributed by atoms with Crippen LogP contribution in [-0.4, -0.2) is 41.2 Å². The summed E-state index contributed by atoms with van der Waals surface area (Å²) in [5.74, 6) is 0.291. The average Bonchev–Trinajstić information content (AvgIpc) is 2.02. The van der Waals surface area contributed by atoms with Crippen molar-refractivity contribution in [3.63, 3.8) is 0 Å². The smallest absolute Gasteiger partial charge is 0.0870 e. The van der Waals surface area contributed by atoms with Crippen molar-refractivity contribution in [1.29, 1.82) is 0 Å². The molecular formula is C8H18N2OS. The number of hydrogen-bond donors (Lipinski definition) is 2. The van der Waals surface area contributed by atoms with Gasteiger partial charge in [-0.05, 0) is 12.5 Å². The van der Waals surface area contributed by atoms with Crippen LogP contribution in [0.5, 0.6) is 0 Å². The summed E-state index contributed by atoms with van der Waals surface area (Å²) in [4.78, 5) is 2.64. The van der Waals surface area contributed by atoms with Gasteiger partial charge in [0.15, 0.2) is 0 Å². The molecule has 0 radical (unpaired) electrons. The summed E-state index contributed by atoms with van der Waals surface area (Å²) < 4.78 is 0. The normalized spacial score (nSPS) is 13.3. The first-order chi connectivity index (χ1) is 5.60. The molecule has 0 saturated heterocycles. The highest BCUT2D eigenvalue weighted by Crippen LogP contribution is 1.98. The zero-order chi connectivity index (χ0) is 9.56. The molecular weight excluding hydrogens is 172 g/mol. The molecule has 3 nitrogen and oxygen atoms in total. The second-order valence-electron chi connectivity index (χ2n) is 3.08. The maximum Gasteiger partial charge on any atom is 0.0870 e. The Labute approximate surface area is 79.5 Å². The molecule has 0 rings (SSSR count). The first-order valence-electron chi connectivity index (χ1n) is 4.21. The van der Waals surface area contributed by atoms with Crippen molar-refractivity contribution >= 4 is 17.2 Å². The zero-order valence-corrected chi connectivity index (χ0v) is 8.60. The first kappa shape index (κ1) is 11.8. The van der Waals surface area contributed by atoms with Crippen molar-refractivity contribution in [2.75, 3.05) is 26.2 Å². The maximum absolute atomic E-state index is 8.82. The zero-order valence-electron chi connectivity index (χ0n) is 7.79. The molecule has 0 aliphatic carbocycles. The molecule has 0 heterocycles. The Morgan fingerprint density at radius 2 is 2.25 bits per heavy atom. The lowest BCUT2D eigenvalue weighted by Crippen LogP contribution is -2.36. The average molecular weight is 190 g/mol. The number of nitrogens with two attached hydrogens (primary N) is 1. The lowest BCUT2D eigenvalue weighted by molar-refractivity contribution is 0.188. The minimum absolute atomic E-state index is 0.216. The number of aliphatic hydroxyl groups excluding tert-OH is 1. The van der Waals surface area contributed by atoms with Crippen LogP contribution in [0.1, 0.15) is 13.8 Å². The fourth-order valence-electron chi connectivity index (χ4n) is 1.02. The van der Waals surface area contributed by atoms with Gasteiger partial charge in [-0.1, -0.05) is 26.1 Å². The van der Waals surface area contributed by atoms with Gasteiger partial charge in [0, 0.05) is 19.7 Å². The molecule has 0 aliphatic rings. The highest BCUT2D eigenvalue weighted by atomic mass is 32.1. The molecule has 0 aromatic carbocycles. The van der Waals surface area contributed by atoms with Gasteiger partial charge in [-0.3, -0.25) is 4.90 Å². The van der Waals surface area contributed by atoms with Crippen LogP contribution in [0.3, 0.4) is 0 Å². The second kappa shape index (κ2) is 6.34. The summed E-state index contributed by atoms with van der Waals surface area (Å²) in [7, 11) is 0. The number of hydrogen-bond acceptors (Lipinski definition) is 3. The van der Waals surface area contributed by atoms with E-state index in [0.29, 0.717) is 17.5 Å². The molecule has 4 heteroatoms. The maximum atomic E-state index is 8.82. The van der Waals surface area contributed by atoms with Crippen LogP contribution in [-0.2, 0) is 0 Å². The van der Waals surface area contributed by atoms with E-state index in [1.807, 2.05) is 6.92 Å². The molecule has 1 atom stereocenters. The fraction of sp³-hybridized carbons (Fsp3) is 0.875. The molecule has 0 aromatic heterocycles.